The summed E-state index contributed by atoms with van der Waals surface area (Å²) in [4.78, 5) is 14.1. The van der Waals surface area contributed by atoms with Gasteiger partial charge in [-0.1, -0.05) is 44.2 Å². The number of benzene rings is 1. The molecule has 1 atom stereocenters. The van der Waals surface area contributed by atoms with Gasteiger partial charge in [-0.15, -0.1) is 0 Å². The highest BCUT2D eigenvalue weighted by Crippen LogP contribution is 2.10. The van der Waals surface area contributed by atoms with E-state index in [1.165, 1.54) is 5.56 Å². The second-order valence-electron chi connectivity index (χ2n) is 4.89. The van der Waals surface area contributed by atoms with Gasteiger partial charge < -0.3 is 10.2 Å². The van der Waals surface area contributed by atoms with Crippen LogP contribution in [0.25, 0.3) is 0 Å². The zero-order valence-corrected chi connectivity index (χ0v) is 12.4. The van der Waals surface area contributed by atoms with E-state index in [4.69, 9.17) is 0 Å². The summed E-state index contributed by atoms with van der Waals surface area (Å²) in [7, 11) is 0. The predicted molar refractivity (Wildman–Crippen MR) is 80.0 cm³/mol. The fourth-order valence-corrected chi connectivity index (χ4v) is 2.11. The Kier molecular flexibility index (Phi) is 7.19. The Morgan fingerprint density at radius 2 is 1.74 bits per heavy atom. The molecule has 0 bridgehead atoms. The van der Waals surface area contributed by atoms with E-state index >= 15 is 0 Å². The van der Waals surface area contributed by atoms with E-state index in [0.29, 0.717) is 6.54 Å². The summed E-state index contributed by atoms with van der Waals surface area (Å²) in [5, 5.41) is 3.30. The molecule has 0 spiro atoms. The molecule has 0 fully saturated rings. The van der Waals surface area contributed by atoms with Crippen LogP contribution in [0.5, 0.6) is 0 Å². The highest BCUT2D eigenvalue weighted by atomic mass is 16.2. The lowest BCUT2D eigenvalue weighted by Gasteiger charge is -2.23. The van der Waals surface area contributed by atoms with Gasteiger partial charge >= 0.3 is 0 Å². The van der Waals surface area contributed by atoms with Gasteiger partial charge in [0.1, 0.15) is 0 Å². The number of rotatable bonds is 8. The van der Waals surface area contributed by atoms with Crippen LogP contribution in [0.3, 0.4) is 0 Å². The number of hydrogen-bond acceptors (Lipinski definition) is 2. The Balaban J connectivity index is 2.44. The molecule has 3 nitrogen and oxygen atoms in total. The van der Waals surface area contributed by atoms with Crippen molar-refractivity contribution >= 4 is 5.91 Å². The fourth-order valence-electron chi connectivity index (χ4n) is 2.11. The first-order chi connectivity index (χ1) is 9.19. The minimum atomic E-state index is 0.200. The van der Waals surface area contributed by atoms with Crippen LogP contribution in [0.1, 0.15) is 45.2 Å². The van der Waals surface area contributed by atoms with Crippen LogP contribution in [-0.4, -0.2) is 30.4 Å². The largest absolute Gasteiger partial charge is 0.342 e. The summed E-state index contributed by atoms with van der Waals surface area (Å²) in [5.74, 6) is 0.200. The summed E-state index contributed by atoms with van der Waals surface area (Å²) in [6.07, 6.45) is 2.03. The molecule has 1 aromatic carbocycles. The molecule has 1 N–H and O–H groups in total. The normalized spacial score (nSPS) is 12.2. The molecule has 0 aromatic heterocycles. The minimum absolute atomic E-state index is 0.200. The number of nitrogens with zero attached hydrogens (tertiary/aromatic N) is 1. The smallest absolute Gasteiger partial charge is 0.236 e. The summed E-state index contributed by atoms with van der Waals surface area (Å²) in [6.45, 7) is 8.43. The van der Waals surface area contributed by atoms with Crippen molar-refractivity contribution in [2.45, 2.75) is 39.7 Å². The van der Waals surface area contributed by atoms with Crippen molar-refractivity contribution in [3.05, 3.63) is 35.9 Å². The summed E-state index contributed by atoms with van der Waals surface area (Å²) in [5.41, 5.74) is 1.22. The highest BCUT2D eigenvalue weighted by molar-refractivity contribution is 5.78. The molecule has 0 saturated carbocycles. The third kappa shape index (κ3) is 5.43. The molecule has 1 rings (SSSR count). The van der Waals surface area contributed by atoms with Gasteiger partial charge in [-0.3, -0.25) is 4.79 Å². The third-order valence-corrected chi connectivity index (χ3v) is 3.20. The molecule has 19 heavy (non-hydrogen) atoms. The molecule has 0 radical (unpaired) electrons. The monoisotopic (exact) mass is 262 g/mol. The topological polar surface area (TPSA) is 32.3 Å². The molecule has 3 heteroatoms. The molecule has 1 amide bonds. The van der Waals surface area contributed by atoms with E-state index in [2.05, 4.69) is 38.2 Å². The Bertz CT molecular complexity index is 358. The maximum absolute atomic E-state index is 12.1. The van der Waals surface area contributed by atoms with E-state index < -0.39 is 0 Å². The van der Waals surface area contributed by atoms with Crippen LogP contribution in [-0.2, 0) is 4.79 Å². The van der Waals surface area contributed by atoms with Crippen LogP contribution in [0.15, 0.2) is 30.3 Å². The van der Waals surface area contributed by atoms with E-state index in [1.54, 1.807) is 0 Å². The van der Waals surface area contributed by atoms with Gasteiger partial charge in [0.05, 0.1) is 6.54 Å². The highest BCUT2D eigenvalue weighted by Gasteiger charge is 2.13. The second kappa shape index (κ2) is 8.70. The summed E-state index contributed by atoms with van der Waals surface area (Å²) >= 11 is 0. The van der Waals surface area contributed by atoms with Gasteiger partial charge in [0.2, 0.25) is 5.91 Å². The molecule has 1 aromatic rings. The standard InChI is InChI=1S/C16H26N2O/c1-4-11-18(12-5-2)16(19)13-17-14(3)15-9-7-6-8-10-15/h6-10,14,17H,4-5,11-13H2,1-3H3. The first-order valence-electron chi connectivity index (χ1n) is 7.25. The number of hydrogen-bond donors (Lipinski definition) is 1. The lowest BCUT2D eigenvalue weighted by atomic mass is 10.1. The molecule has 0 heterocycles. The number of nitrogens with one attached hydrogen (secondary N) is 1. The first-order valence-corrected chi connectivity index (χ1v) is 7.25. The summed E-state index contributed by atoms with van der Waals surface area (Å²) in [6, 6.07) is 10.4. The Hall–Kier alpha value is -1.35. The van der Waals surface area contributed by atoms with Crippen molar-refractivity contribution in [1.29, 1.82) is 0 Å². The molecular weight excluding hydrogens is 236 g/mol. The quantitative estimate of drug-likeness (QED) is 0.781. The van der Waals surface area contributed by atoms with Crippen molar-refractivity contribution in [2.75, 3.05) is 19.6 Å². The van der Waals surface area contributed by atoms with E-state index in [-0.39, 0.29) is 11.9 Å². The SMILES string of the molecule is CCCN(CCC)C(=O)CNC(C)c1ccccc1. The van der Waals surface area contributed by atoms with Crippen LogP contribution in [0.2, 0.25) is 0 Å². The van der Waals surface area contributed by atoms with Crippen LogP contribution >= 0.6 is 0 Å². The van der Waals surface area contributed by atoms with Crippen LogP contribution < -0.4 is 5.32 Å². The molecule has 1 unspecified atom stereocenters. The third-order valence-electron chi connectivity index (χ3n) is 3.20. The van der Waals surface area contributed by atoms with Crippen LogP contribution in [0, 0.1) is 0 Å². The van der Waals surface area contributed by atoms with Gasteiger partial charge in [-0.05, 0) is 25.3 Å². The Labute approximate surface area is 117 Å². The van der Waals surface area contributed by atoms with Gasteiger partial charge in [-0.2, -0.15) is 0 Å². The van der Waals surface area contributed by atoms with Crippen molar-refractivity contribution in [3.63, 3.8) is 0 Å². The lowest BCUT2D eigenvalue weighted by Crippen LogP contribution is -2.39. The first kappa shape index (κ1) is 15.7. The average molecular weight is 262 g/mol. The molecular formula is C16H26N2O. The molecule has 0 aliphatic carbocycles. The zero-order chi connectivity index (χ0) is 14.1. The predicted octanol–water partition coefficient (Wildman–Crippen LogP) is 2.99. The van der Waals surface area contributed by atoms with Gasteiger partial charge in [-0.25, -0.2) is 0 Å². The van der Waals surface area contributed by atoms with Crippen molar-refractivity contribution in [2.24, 2.45) is 0 Å². The Morgan fingerprint density at radius 1 is 1.16 bits per heavy atom. The van der Waals surface area contributed by atoms with Crippen molar-refractivity contribution in [3.8, 4) is 0 Å². The van der Waals surface area contributed by atoms with E-state index in [9.17, 15) is 4.79 Å². The van der Waals surface area contributed by atoms with Gasteiger partial charge in [0.15, 0.2) is 0 Å². The number of carbonyl (C=O) groups excluding carboxylic acids is 1. The maximum atomic E-state index is 12.1. The van der Waals surface area contributed by atoms with E-state index in [0.717, 1.165) is 25.9 Å². The maximum Gasteiger partial charge on any atom is 0.236 e. The molecule has 0 aliphatic heterocycles. The molecule has 106 valence electrons. The van der Waals surface area contributed by atoms with Crippen LogP contribution in [0.4, 0.5) is 0 Å². The molecule has 0 aliphatic rings. The van der Waals surface area contributed by atoms with Crippen molar-refractivity contribution in [1.82, 2.24) is 10.2 Å². The van der Waals surface area contributed by atoms with Crippen molar-refractivity contribution < 1.29 is 4.79 Å². The summed E-state index contributed by atoms with van der Waals surface area (Å²) < 4.78 is 0. The minimum Gasteiger partial charge on any atom is -0.342 e. The molecule has 0 saturated heterocycles. The lowest BCUT2D eigenvalue weighted by molar-refractivity contribution is -0.130. The van der Waals surface area contributed by atoms with Gasteiger partial charge in [0.25, 0.3) is 0 Å². The van der Waals surface area contributed by atoms with E-state index in [1.807, 2.05) is 23.1 Å². The average Bonchev–Trinajstić information content (AvgIpc) is 2.45. The number of amides is 1. The van der Waals surface area contributed by atoms with Gasteiger partial charge in [0, 0.05) is 19.1 Å². The zero-order valence-electron chi connectivity index (χ0n) is 12.4. The fraction of sp³-hybridized carbons (Fsp3) is 0.562. The second-order valence-corrected chi connectivity index (χ2v) is 4.89. The number of carbonyl (C=O) groups is 1. The Morgan fingerprint density at radius 3 is 2.26 bits per heavy atom.